The van der Waals surface area contributed by atoms with E-state index < -0.39 is 0 Å². The molecule has 0 unspecified atom stereocenters. The smallest absolute Gasteiger partial charge is 0.223 e. The average Bonchev–Trinajstić information content (AvgIpc) is 2.52. The van der Waals surface area contributed by atoms with Crippen molar-refractivity contribution in [3.63, 3.8) is 0 Å². The Morgan fingerprint density at radius 1 is 1.00 bits per heavy atom. The lowest BCUT2D eigenvalue weighted by Crippen LogP contribution is -2.30. The van der Waals surface area contributed by atoms with Crippen molar-refractivity contribution in [1.82, 2.24) is 4.90 Å². The van der Waals surface area contributed by atoms with Gasteiger partial charge in [-0.25, -0.2) is 4.39 Å². The van der Waals surface area contributed by atoms with Gasteiger partial charge in [0.25, 0.3) is 0 Å². The van der Waals surface area contributed by atoms with Crippen LogP contribution in [0.4, 0.5) is 4.39 Å². The Morgan fingerprint density at radius 3 is 2.29 bits per heavy atom. The summed E-state index contributed by atoms with van der Waals surface area (Å²) in [7, 11) is 0. The maximum atomic E-state index is 12.8. The molecule has 2 aromatic carbocycles. The first-order valence-corrected chi connectivity index (χ1v) is 7.25. The van der Waals surface area contributed by atoms with Crippen molar-refractivity contribution in [2.45, 2.75) is 26.3 Å². The summed E-state index contributed by atoms with van der Waals surface area (Å²) in [6, 6.07) is 16.3. The molecule has 0 saturated heterocycles. The van der Waals surface area contributed by atoms with Crippen LogP contribution in [-0.4, -0.2) is 17.4 Å². The molecule has 0 aromatic heterocycles. The molecule has 0 heterocycles. The van der Waals surface area contributed by atoms with Crippen LogP contribution in [0, 0.1) is 5.82 Å². The van der Waals surface area contributed by atoms with Crippen LogP contribution in [-0.2, 0) is 17.8 Å². The Labute approximate surface area is 125 Å². The van der Waals surface area contributed by atoms with Gasteiger partial charge < -0.3 is 4.90 Å². The zero-order valence-corrected chi connectivity index (χ0v) is 12.3. The maximum Gasteiger partial charge on any atom is 0.223 e. The third kappa shape index (κ3) is 4.71. The normalized spacial score (nSPS) is 10.4. The largest absolute Gasteiger partial charge is 0.339 e. The summed E-state index contributed by atoms with van der Waals surface area (Å²) in [5, 5.41) is 0. The second-order valence-electron chi connectivity index (χ2n) is 5.02. The highest BCUT2D eigenvalue weighted by atomic mass is 19.1. The molecular formula is C18H20FNO. The van der Waals surface area contributed by atoms with Crippen LogP contribution >= 0.6 is 0 Å². The van der Waals surface area contributed by atoms with E-state index in [4.69, 9.17) is 0 Å². The number of hydrogen-bond acceptors (Lipinski definition) is 1. The molecule has 0 atom stereocenters. The molecule has 0 aliphatic rings. The van der Waals surface area contributed by atoms with Crippen LogP contribution in [0.3, 0.4) is 0 Å². The standard InChI is InChI=1S/C18H20FNO/c1-2-20(14-16-6-4-3-5-7-16)18(21)13-10-15-8-11-17(19)12-9-15/h3-9,11-12H,2,10,13-14H2,1H3. The van der Waals surface area contributed by atoms with Gasteiger partial charge >= 0.3 is 0 Å². The second kappa shape index (κ2) is 7.58. The van der Waals surface area contributed by atoms with Gasteiger partial charge in [0.1, 0.15) is 5.82 Å². The van der Waals surface area contributed by atoms with Crippen molar-refractivity contribution in [3.8, 4) is 0 Å². The number of amides is 1. The Kier molecular flexibility index (Phi) is 5.50. The van der Waals surface area contributed by atoms with Crippen LogP contribution in [0.5, 0.6) is 0 Å². The van der Waals surface area contributed by atoms with Crippen molar-refractivity contribution < 1.29 is 9.18 Å². The summed E-state index contributed by atoms with van der Waals surface area (Å²) in [6.45, 7) is 3.31. The minimum Gasteiger partial charge on any atom is -0.339 e. The number of carbonyl (C=O) groups excluding carboxylic acids is 1. The molecule has 0 aliphatic heterocycles. The molecule has 0 spiro atoms. The summed E-state index contributed by atoms with van der Waals surface area (Å²) in [5.41, 5.74) is 2.12. The van der Waals surface area contributed by atoms with E-state index in [1.54, 1.807) is 12.1 Å². The van der Waals surface area contributed by atoms with Crippen molar-refractivity contribution >= 4 is 5.91 Å². The van der Waals surface area contributed by atoms with E-state index in [1.807, 2.05) is 42.2 Å². The SMILES string of the molecule is CCN(Cc1ccccc1)C(=O)CCc1ccc(F)cc1. The van der Waals surface area contributed by atoms with Crippen molar-refractivity contribution in [3.05, 3.63) is 71.5 Å². The molecule has 1 amide bonds. The van der Waals surface area contributed by atoms with Crippen molar-refractivity contribution in [2.24, 2.45) is 0 Å². The van der Waals surface area contributed by atoms with E-state index in [1.165, 1.54) is 12.1 Å². The molecule has 0 aliphatic carbocycles. The number of benzene rings is 2. The molecule has 2 aromatic rings. The van der Waals surface area contributed by atoms with Gasteiger partial charge in [-0.05, 0) is 36.6 Å². The Morgan fingerprint density at radius 2 is 1.67 bits per heavy atom. The molecule has 21 heavy (non-hydrogen) atoms. The molecule has 2 rings (SSSR count). The third-order valence-corrected chi connectivity index (χ3v) is 3.49. The van der Waals surface area contributed by atoms with E-state index >= 15 is 0 Å². The molecule has 110 valence electrons. The number of nitrogens with zero attached hydrogens (tertiary/aromatic N) is 1. The van der Waals surface area contributed by atoms with Crippen LogP contribution in [0.25, 0.3) is 0 Å². The van der Waals surface area contributed by atoms with Gasteiger partial charge in [0, 0.05) is 19.5 Å². The predicted molar refractivity (Wildman–Crippen MR) is 82.3 cm³/mol. The molecule has 2 nitrogen and oxygen atoms in total. The van der Waals surface area contributed by atoms with E-state index in [0.29, 0.717) is 25.9 Å². The lowest BCUT2D eigenvalue weighted by atomic mass is 10.1. The monoisotopic (exact) mass is 285 g/mol. The quantitative estimate of drug-likeness (QED) is 0.790. The fraction of sp³-hybridized carbons (Fsp3) is 0.278. The van der Waals surface area contributed by atoms with Gasteiger partial charge in [0.2, 0.25) is 5.91 Å². The van der Waals surface area contributed by atoms with Crippen molar-refractivity contribution in [2.75, 3.05) is 6.54 Å². The lowest BCUT2D eigenvalue weighted by Gasteiger charge is -2.21. The summed E-state index contributed by atoms with van der Waals surface area (Å²) in [6.07, 6.45) is 1.09. The summed E-state index contributed by atoms with van der Waals surface area (Å²) in [5.74, 6) is -0.116. The zero-order chi connectivity index (χ0) is 15.1. The highest BCUT2D eigenvalue weighted by molar-refractivity contribution is 5.76. The van der Waals surface area contributed by atoms with E-state index in [2.05, 4.69) is 0 Å². The number of hydrogen-bond donors (Lipinski definition) is 0. The molecule has 3 heteroatoms. The summed E-state index contributed by atoms with van der Waals surface area (Å²) >= 11 is 0. The van der Waals surface area contributed by atoms with Crippen molar-refractivity contribution in [1.29, 1.82) is 0 Å². The first-order chi connectivity index (χ1) is 10.2. The van der Waals surface area contributed by atoms with Gasteiger partial charge in [-0.3, -0.25) is 4.79 Å². The second-order valence-corrected chi connectivity index (χ2v) is 5.02. The van der Waals surface area contributed by atoms with E-state index in [-0.39, 0.29) is 11.7 Å². The van der Waals surface area contributed by atoms with E-state index in [0.717, 1.165) is 11.1 Å². The summed E-state index contributed by atoms with van der Waals surface area (Å²) < 4.78 is 12.8. The molecule has 0 N–H and O–H groups in total. The molecular weight excluding hydrogens is 265 g/mol. The first-order valence-electron chi connectivity index (χ1n) is 7.25. The highest BCUT2D eigenvalue weighted by Crippen LogP contribution is 2.09. The van der Waals surface area contributed by atoms with Gasteiger partial charge in [-0.2, -0.15) is 0 Å². The number of rotatable bonds is 6. The molecule has 0 radical (unpaired) electrons. The fourth-order valence-electron chi connectivity index (χ4n) is 2.24. The minimum atomic E-state index is -0.246. The van der Waals surface area contributed by atoms with Crippen LogP contribution in [0.1, 0.15) is 24.5 Å². The van der Waals surface area contributed by atoms with Crippen LogP contribution in [0.15, 0.2) is 54.6 Å². The van der Waals surface area contributed by atoms with Crippen LogP contribution < -0.4 is 0 Å². The minimum absolute atomic E-state index is 0.130. The molecule has 0 saturated carbocycles. The first kappa shape index (κ1) is 15.2. The van der Waals surface area contributed by atoms with E-state index in [9.17, 15) is 9.18 Å². The van der Waals surface area contributed by atoms with Gasteiger partial charge in [0.05, 0.1) is 0 Å². The Hall–Kier alpha value is -2.16. The number of halogens is 1. The predicted octanol–water partition coefficient (Wildman–Crippen LogP) is 3.81. The topological polar surface area (TPSA) is 20.3 Å². The molecule has 0 fully saturated rings. The van der Waals surface area contributed by atoms with Gasteiger partial charge in [-0.1, -0.05) is 42.5 Å². The maximum absolute atomic E-state index is 12.8. The Balaban J connectivity index is 1.89. The zero-order valence-electron chi connectivity index (χ0n) is 12.3. The lowest BCUT2D eigenvalue weighted by molar-refractivity contribution is -0.131. The average molecular weight is 285 g/mol. The highest BCUT2D eigenvalue weighted by Gasteiger charge is 2.12. The number of carbonyl (C=O) groups is 1. The van der Waals surface area contributed by atoms with Gasteiger partial charge in [-0.15, -0.1) is 0 Å². The Bertz CT molecular complexity index is 566. The third-order valence-electron chi connectivity index (χ3n) is 3.49. The molecule has 0 bridgehead atoms. The fourth-order valence-corrected chi connectivity index (χ4v) is 2.24. The summed E-state index contributed by atoms with van der Waals surface area (Å²) in [4.78, 5) is 14.1. The van der Waals surface area contributed by atoms with Crippen LogP contribution in [0.2, 0.25) is 0 Å². The van der Waals surface area contributed by atoms with Gasteiger partial charge in [0.15, 0.2) is 0 Å². The number of aryl methyl sites for hydroxylation is 1.